The van der Waals surface area contributed by atoms with Crippen LogP contribution in [-0.4, -0.2) is 34.1 Å². The molecule has 5 nitrogen and oxygen atoms in total. The highest BCUT2D eigenvalue weighted by molar-refractivity contribution is 7.16. The van der Waals surface area contributed by atoms with Crippen molar-refractivity contribution < 1.29 is 4.79 Å². The van der Waals surface area contributed by atoms with Gasteiger partial charge in [-0.25, -0.2) is 0 Å². The second-order valence-corrected chi connectivity index (χ2v) is 6.56. The van der Waals surface area contributed by atoms with Crippen LogP contribution in [0.4, 0.5) is 5.13 Å². The Morgan fingerprint density at radius 3 is 2.65 bits per heavy atom. The molecule has 0 radical (unpaired) electrons. The van der Waals surface area contributed by atoms with Gasteiger partial charge in [0.1, 0.15) is 0 Å². The van der Waals surface area contributed by atoms with Gasteiger partial charge in [0.25, 0.3) is 5.91 Å². The van der Waals surface area contributed by atoms with Crippen LogP contribution in [0.25, 0.3) is 0 Å². The third-order valence-electron chi connectivity index (χ3n) is 3.32. The fourth-order valence-electron chi connectivity index (χ4n) is 2.11. The first kappa shape index (κ1) is 12.3. The zero-order chi connectivity index (χ0) is 12.6. The van der Waals surface area contributed by atoms with E-state index in [1.807, 2.05) is 4.90 Å². The third-order valence-corrected chi connectivity index (χ3v) is 4.06. The van der Waals surface area contributed by atoms with E-state index in [1.165, 1.54) is 0 Å². The number of nitrogens with zero attached hydrogens (tertiary/aromatic N) is 3. The van der Waals surface area contributed by atoms with Crippen LogP contribution in [0.5, 0.6) is 0 Å². The minimum atomic E-state index is -0.0362. The summed E-state index contributed by atoms with van der Waals surface area (Å²) in [5.41, 5.74) is 5.73. The van der Waals surface area contributed by atoms with Gasteiger partial charge in [-0.15, -0.1) is 10.2 Å². The van der Waals surface area contributed by atoms with Gasteiger partial charge in [-0.3, -0.25) is 4.79 Å². The predicted molar refractivity (Wildman–Crippen MR) is 67.8 cm³/mol. The summed E-state index contributed by atoms with van der Waals surface area (Å²) < 4.78 is 0. The number of hydrogen-bond donors (Lipinski definition) is 1. The van der Waals surface area contributed by atoms with Crippen LogP contribution in [0.2, 0.25) is 0 Å². The maximum Gasteiger partial charge on any atom is 0.284 e. The van der Waals surface area contributed by atoms with Gasteiger partial charge in [-0.05, 0) is 17.8 Å². The standard InChI is InChI=1S/C11H18N4OS/c1-11(2,3)7-4-5-15(6-7)9(16)8-13-14-10(12)17-8/h7H,4-6H2,1-3H3,(H2,12,14). The molecular weight excluding hydrogens is 236 g/mol. The number of nitrogens with two attached hydrogens (primary N) is 1. The van der Waals surface area contributed by atoms with Gasteiger partial charge >= 0.3 is 0 Å². The van der Waals surface area contributed by atoms with Crippen molar-refractivity contribution in [1.82, 2.24) is 15.1 Å². The van der Waals surface area contributed by atoms with E-state index in [9.17, 15) is 4.79 Å². The molecule has 1 fully saturated rings. The van der Waals surface area contributed by atoms with E-state index in [1.54, 1.807) is 0 Å². The average Bonchev–Trinajstić information content (AvgIpc) is 2.83. The number of amides is 1. The summed E-state index contributed by atoms with van der Waals surface area (Å²) in [5, 5.41) is 8.22. The number of hydrogen-bond acceptors (Lipinski definition) is 5. The van der Waals surface area contributed by atoms with Gasteiger partial charge in [0.15, 0.2) is 0 Å². The zero-order valence-electron chi connectivity index (χ0n) is 10.4. The molecule has 2 rings (SSSR count). The molecule has 0 aliphatic carbocycles. The number of likely N-dealkylation sites (tertiary alicyclic amines) is 1. The molecule has 0 aromatic carbocycles. The molecular formula is C11H18N4OS. The number of carbonyl (C=O) groups is 1. The monoisotopic (exact) mass is 254 g/mol. The molecule has 1 saturated heterocycles. The zero-order valence-corrected chi connectivity index (χ0v) is 11.3. The Balaban J connectivity index is 2.04. The molecule has 1 unspecified atom stereocenters. The maximum atomic E-state index is 12.1. The summed E-state index contributed by atoms with van der Waals surface area (Å²) in [4.78, 5) is 14.0. The lowest BCUT2D eigenvalue weighted by atomic mass is 9.80. The summed E-state index contributed by atoms with van der Waals surface area (Å²) in [6.07, 6.45) is 1.06. The molecule has 1 aromatic heterocycles. The number of carbonyl (C=O) groups excluding carboxylic acids is 1. The van der Waals surface area contributed by atoms with Gasteiger partial charge in [-0.2, -0.15) is 0 Å². The highest BCUT2D eigenvalue weighted by Crippen LogP contribution is 2.34. The summed E-state index contributed by atoms with van der Waals surface area (Å²) in [7, 11) is 0. The smallest absolute Gasteiger partial charge is 0.284 e. The topological polar surface area (TPSA) is 72.1 Å². The van der Waals surface area contributed by atoms with Gasteiger partial charge in [-0.1, -0.05) is 32.1 Å². The van der Waals surface area contributed by atoms with Crippen LogP contribution >= 0.6 is 11.3 Å². The van der Waals surface area contributed by atoms with E-state index in [2.05, 4.69) is 31.0 Å². The van der Waals surface area contributed by atoms with E-state index in [0.29, 0.717) is 16.1 Å². The van der Waals surface area contributed by atoms with Gasteiger partial charge in [0.2, 0.25) is 10.1 Å². The number of rotatable bonds is 1. The molecule has 1 amide bonds. The Hall–Kier alpha value is -1.17. The highest BCUT2D eigenvalue weighted by atomic mass is 32.1. The molecule has 1 aromatic rings. The predicted octanol–water partition coefficient (Wildman–Crippen LogP) is 1.63. The van der Waals surface area contributed by atoms with Gasteiger partial charge < -0.3 is 10.6 Å². The summed E-state index contributed by atoms with van der Waals surface area (Å²) in [6.45, 7) is 8.26. The molecule has 17 heavy (non-hydrogen) atoms. The largest absolute Gasteiger partial charge is 0.374 e. The normalized spacial score (nSPS) is 20.9. The van der Waals surface area contributed by atoms with E-state index >= 15 is 0 Å². The molecule has 2 N–H and O–H groups in total. The third kappa shape index (κ3) is 2.57. The molecule has 6 heteroatoms. The first-order valence-electron chi connectivity index (χ1n) is 5.76. The Labute approximate surface area is 105 Å². The Bertz CT molecular complexity index is 423. The van der Waals surface area contributed by atoms with Crippen molar-refractivity contribution in [2.45, 2.75) is 27.2 Å². The maximum absolute atomic E-state index is 12.1. The van der Waals surface area contributed by atoms with E-state index in [0.717, 1.165) is 30.8 Å². The number of anilines is 1. The van der Waals surface area contributed by atoms with Crippen molar-refractivity contribution >= 4 is 22.4 Å². The van der Waals surface area contributed by atoms with Crippen LogP contribution in [-0.2, 0) is 0 Å². The van der Waals surface area contributed by atoms with Gasteiger partial charge in [0, 0.05) is 13.1 Å². The lowest BCUT2D eigenvalue weighted by Crippen LogP contribution is -2.31. The molecule has 0 saturated carbocycles. The lowest BCUT2D eigenvalue weighted by Gasteiger charge is -2.26. The van der Waals surface area contributed by atoms with Crippen LogP contribution in [0.3, 0.4) is 0 Å². The second-order valence-electron chi connectivity index (χ2n) is 5.55. The van der Waals surface area contributed by atoms with Crippen molar-refractivity contribution in [1.29, 1.82) is 0 Å². The quantitative estimate of drug-likeness (QED) is 0.826. The minimum absolute atomic E-state index is 0.0362. The van der Waals surface area contributed by atoms with Crippen molar-refractivity contribution in [3.05, 3.63) is 5.01 Å². The first-order chi connectivity index (χ1) is 7.88. The first-order valence-corrected chi connectivity index (χ1v) is 6.58. The van der Waals surface area contributed by atoms with Gasteiger partial charge in [0.05, 0.1) is 0 Å². The van der Waals surface area contributed by atoms with Crippen LogP contribution in [0.15, 0.2) is 0 Å². The van der Waals surface area contributed by atoms with Crippen molar-refractivity contribution in [3.8, 4) is 0 Å². The van der Waals surface area contributed by atoms with Crippen LogP contribution in [0.1, 0.15) is 37.0 Å². The molecule has 94 valence electrons. The van der Waals surface area contributed by atoms with Crippen LogP contribution < -0.4 is 5.73 Å². The molecule has 1 aliphatic rings. The number of nitrogen functional groups attached to an aromatic ring is 1. The van der Waals surface area contributed by atoms with Crippen molar-refractivity contribution in [2.24, 2.45) is 11.3 Å². The minimum Gasteiger partial charge on any atom is -0.374 e. The lowest BCUT2D eigenvalue weighted by molar-refractivity contribution is 0.0775. The second kappa shape index (κ2) is 4.25. The summed E-state index contributed by atoms with van der Waals surface area (Å²) >= 11 is 1.16. The van der Waals surface area contributed by atoms with E-state index in [4.69, 9.17) is 5.73 Å². The fourth-order valence-corrected chi connectivity index (χ4v) is 2.69. The molecule has 0 spiro atoms. The van der Waals surface area contributed by atoms with Crippen molar-refractivity contribution in [3.63, 3.8) is 0 Å². The summed E-state index contributed by atoms with van der Waals surface area (Å²) in [5.74, 6) is 0.516. The summed E-state index contributed by atoms with van der Waals surface area (Å²) in [6, 6.07) is 0. The van der Waals surface area contributed by atoms with Crippen LogP contribution in [0, 0.1) is 11.3 Å². The molecule has 0 bridgehead atoms. The fraction of sp³-hybridized carbons (Fsp3) is 0.727. The Morgan fingerprint density at radius 2 is 2.18 bits per heavy atom. The molecule has 1 aliphatic heterocycles. The van der Waals surface area contributed by atoms with Crippen molar-refractivity contribution in [2.75, 3.05) is 18.8 Å². The highest BCUT2D eigenvalue weighted by Gasteiger charge is 2.34. The Morgan fingerprint density at radius 1 is 1.47 bits per heavy atom. The molecule has 2 heterocycles. The van der Waals surface area contributed by atoms with E-state index < -0.39 is 0 Å². The Kier molecular flexibility index (Phi) is 3.07. The number of aromatic nitrogens is 2. The molecule has 1 atom stereocenters. The van der Waals surface area contributed by atoms with E-state index in [-0.39, 0.29) is 11.3 Å². The SMILES string of the molecule is CC(C)(C)C1CCN(C(=O)c2nnc(N)s2)C1. The average molecular weight is 254 g/mol.